The summed E-state index contributed by atoms with van der Waals surface area (Å²) in [6.45, 7) is 1.02. The molecule has 1 fully saturated rings. The molecule has 0 spiro atoms. The number of hydrogen-bond donors (Lipinski definition) is 1. The predicted molar refractivity (Wildman–Crippen MR) is 121 cm³/mol. The average Bonchev–Trinajstić information content (AvgIpc) is 3.47. The first kappa shape index (κ1) is 21.8. The smallest absolute Gasteiger partial charge is 0.272 e. The molecular weight excluding hydrogens is 430 g/mol. The third kappa shape index (κ3) is 4.45. The van der Waals surface area contributed by atoms with Crippen LogP contribution in [0.1, 0.15) is 23.3 Å². The molecule has 1 aliphatic heterocycles. The van der Waals surface area contributed by atoms with E-state index in [0.29, 0.717) is 53.9 Å². The maximum absolute atomic E-state index is 13.2. The second-order valence-electron chi connectivity index (χ2n) is 7.50. The summed E-state index contributed by atoms with van der Waals surface area (Å²) in [6.07, 6.45) is 2.87. The molecule has 2 aromatic heterocycles. The zero-order valence-electron chi connectivity index (χ0n) is 18.2. The third-order valence-electron chi connectivity index (χ3n) is 5.60. The molecule has 2 amide bonds. The fourth-order valence-electron chi connectivity index (χ4n) is 3.81. The molecule has 0 saturated carbocycles. The number of nitrogens with zero attached hydrogens (tertiary/aromatic N) is 4. The van der Waals surface area contributed by atoms with E-state index < -0.39 is 0 Å². The van der Waals surface area contributed by atoms with Gasteiger partial charge in [-0.3, -0.25) is 14.3 Å². The van der Waals surface area contributed by atoms with Crippen LogP contribution in [0.15, 0.2) is 35.8 Å². The van der Waals surface area contributed by atoms with Gasteiger partial charge in [0, 0.05) is 43.2 Å². The molecule has 3 heterocycles. The van der Waals surface area contributed by atoms with Crippen LogP contribution in [0.5, 0.6) is 11.5 Å². The average molecular weight is 456 g/mol. The number of ether oxygens (including phenoxy) is 2. The number of aryl methyl sites for hydroxylation is 1. The number of rotatable bonds is 6. The second-order valence-corrected chi connectivity index (χ2v) is 8.39. The normalized spacial score (nSPS) is 14.3. The van der Waals surface area contributed by atoms with Gasteiger partial charge < -0.3 is 19.7 Å². The highest BCUT2D eigenvalue weighted by Crippen LogP contribution is 2.33. The summed E-state index contributed by atoms with van der Waals surface area (Å²) in [5, 5.41) is 9.80. The van der Waals surface area contributed by atoms with E-state index in [2.05, 4.69) is 15.4 Å². The van der Waals surface area contributed by atoms with E-state index in [9.17, 15) is 9.59 Å². The molecule has 168 valence electrons. The highest BCUT2D eigenvalue weighted by molar-refractivity contribution is 7.13. The summed E-state index contributed by atoms with van der Waals surface area (Å²) >= 11 is 1.39. The van der Waals surface area contributed by atoms with Crippen LogP contribution in [0.4, 0.5) is 5.13 Å². The van der Waals surface area contributed by atoms with Crippen molar-refractivity contribution in [2.45, 2.75) is 12.8 Å². The molecule has 3 aromatic rings. The Morgan fingerprint density at radius 1 is 1.16 bits per heavy atom. The van der Waals surface area contributed by atoms with Crippen molar-refractivity contribution in [3.8, 4) is 22.8 Å². The Morgan fingerprint density at radius 3 is 2.59 bits per heavy atom. The second kappa shape index (κ2) is 9.39. The molecule has 1 N–H and O–H groups in total. The van der Waals surface area contributed by atoms with Crippen molar-refractivity contribution < 1.29 is 19.1 Å². The van der Waals surface area contributed by atoms with Gasteiger partial charge in [-0.1, -0.05) is 0 Å². The number of thiazole rings is 1. The van der Waals surface area contributed by atoms with Gasteiger partial charge in [0.15, 0.2) is 5.13 Å². The first-order valence-corrected chi connectivity index (χ1v) is 11.1. The number of likely N-dealkylation sites (tertiary alicyclic amines) is 1. The molecule has 0 radical (unpaired) electrons. The van der Waals surface area contributed by atoms with Gasteiger partial charge in [-0.25, -0.2) is 4.98 Å². The van der Waals surface area contributed by atoms with Crippen LogP contribution >= 0.6 is 11.3 Å². The highest BCUT2D eigenvalue weighted by Gasteiger charge is 2.30. The Balaban J connectivity index is 1.45. The van der Waals surface area contributed by atoms with Crippen molar-refractivity contribution in [3.63, 3.8) is 0 Å². The van der Waals surface area contributed by atoms with E-state index in [4.69, 9.17) is 9.47 Å². The number of methoxy groups -OCH3 is 2. The van der Waals surface area contributed by atoms with Crippen LogP contribution < -0.4 is 14.8 Å². The summed E-state index contributed by atoms with van der Waals surface area (Å²) in [5.74, 6) is 1.05. The molecule has 0 aliphatic carbocycles. The Bertz CT molecular complexity index is 1100. The van der Waals surface area contributed by atoms with E-state index in [1.807, 2.05) is 23.6 Å². The summed E-state index contributed by atoms with van der Waals surface area (Å²) in [6, 6.07) is 7.22. The number of carbonyl (C=O) groups is 2. The van der Waals surface area contributed by atoms with Crippen LogP contribution in [0, 0.1) is 5.92 Å². The highest BCUT2D eigenvalue weighted by atomic mass is 32.1. The van der Waals surface area contributed by atoms with Crippen molar-refractivity contribution >= 4 is 28.3 Å². The van der Waals surface area contributed by atoms with Gasteiger partial charge in [-0.05, 0) is 37.1 Å². The van der Waals surface area contributed by atoms with Crippen molar-refractivity contribution in [2.24, 2.45) is 13.0 Å². The monoisotopic (exact) mass is 455 g/mol. The topological polar surface area (TPSA) is 98.6 Å². The Hall–Kier alpha value is -3.40. The first-order valence-electron chi connectivity index (χ1n) is 10.3. The number of amides is 2. The van der Waals surface area contributed by atoms with Crippen LogP contribution in [0.25, 0.3) is 11.3 Å². The van der Waals surface area contributed by atoms with Crippen LogP contribution in [0.3, 0.4) is 0 Å². The molecule has 0 bridgehead atoms. The minimum Gasteiger partial charge on any atom is -0.497 e. The Morgan fingerprint density at radius 2 is 1.94 bits per heavy atom. The zero-order chi connectivity index (χ0) is 22.7. The van der Waals surface area contributed by atoms with Crippen LogP contribution in [0.2, 0.25) is 0 Å². The van der Waals surface area contributed by atoms with E-state index in [-0.39, 0.29) is 17.7 Å². The lowest BCUT2D eigenvalue weighted by molar-refractivity contribution is -0.121. The van der Waals surface area contributed by atoms with Crippen molar-refractivity contribution in [2.75, 3.05) is 32.6 Å². The van der Waals surface area contributed by atoms with Gasteiger partial charge in [0.2, 0.25) is 5.91 Å². The van der Waals surface area contributed by atoms with E-state index >= 15 is 0 Å². The number of anilines is 1. The molecule has 0 atom stereocenters. The van der Waals surface area contributed by atoms with E-state index in [1.54, 1.807) is 43.1 Å². The molecule has 1 aromatic carbocycles. The lowest BCUT2D eigenvalue weighted by Gasteiger charge is -2.31. The minimum absolute atomic E-state index is 0.0417. The van der Waals surface area contributed by atoms with E-state index in [1.165, 1.54) is 11.3 Å². The van der Waals surface area contributed by atoms with Crippen molar-refractivity contribution in [3.05, 3.63) is 41.5 Å². The number of hydrogen-bond acceptors (Lipinski definition) is 7. The number of piperidine rings is 1. The zero-order valence-corrected chi connectivity index (χ0v) is 19.0. The molecule has 1 aliphatic rings. The van der Waals surface area contributed by atoms with Gasteiger partial charge in [0.1, 0.15) is 17.2 Å². The summed E-state index contributed by atoms with van der Waals surface area (Å²) in [5.41, 5.74) is 1.86. The van der Waals surface area contributed by atoms with E-state index in [0.717, 1.165) is 5.56 Å². The Kier molecular flexibility index (Phi) is 6.40. The molecule has 10 heteroatoms. The minimum atomic E-state index is -0.133. The third-order valence-corrected chi connectivity index (χ3v) is 6.29. The lowest BCUT2D eigenvalue weighted by atomic mass is 9.96. The Labute approximate surface area is 190 Å². The van der Waals surface area contributed by atoms with Gasteiger partial charge in [0.05, 0.1) is 19.9 Å². The quantitative estimate of drug-likeness (QED) is 0.613. The maximum atomic E-state index is 13.2. The fourth-order valence-corrected chi connectivity index (χ4v) is 4.34. The number of aromatic nitrogens is 3. The number of carbonyl (C=O) groups excluding carboxylic acids is 2. The molecule has 0 unspecified atom stereocenters. The standard InChI is InChI=1S/C22H25N5O4S/c1-26-18(13-17(25-26)16-12-15(30-2)4-5-19(16)31-3)21(29)27-9-6-14(7-10-27)20(28)24-22-23-8-11-32-22/h4-5,8,11-14H,6-7,9-10H2,1-3H3,(H,23,24,28). The van der Waals surface area contributed by atoms with Gasteiger partial charge in [-0.15, -0.1) is 11.3 Å². The fraction of sp³-hybridized carbons (Fsp3) is 0.364. The first-order chi connectivity index (χ1) is 15.5. The SMILES string of the molecule is COc1ccc(OC)c(-c2cc(C(=O)N3CCC(C(=O)Nc4nccs4)CC3)n(C)n2)c1. The molecule has 32 heavy (non-hydrogen) atoms. The summed E-state index contributed by atoms with van der Waals surface area (Å²) in [7, 11) is 4.94. The van der Waals surface area contributed by atoms with Crippen LogP contribution in [-0.2, 0) is 11.8 Å². The summed E-state index contributed by atoms with van der Waals surface area (Å²) in [4.78, 5) is 31.5. The molecule has 9 nitrogen and oxygen atoms in total. The largest absolute Gasteiger partial charge is 0.497 e. The van der Waals surface area contributed by atoms with Crippen molar-refractivity contribution in [1.29, 1.82) is 0 Å². The van der Waals surface area contributed by atoms with Crippen molar-refractivity contribution in [1.82, 2.24) is 19.7 Å². The van der Waals surface area contributed by atoms with Gasteiger partial charge in [-0.2, -0.15) is 5.10 Å². The van der Waals surface area contributed by atoms with Gasteiger partial charge >= 0.3 is 0 Å². The molecule has 1 saturated heterocycles. The molecule has 4 rings (SSSR count). The lowest BCUT2D eigenvalue weighted by Crippen LogP contribution is -2.42. The number of benzene rings is 1. The molecular formula is C22H25N5O4S. The number of nitrogens with one attached hydrogen (secondary N) is 1. The summed E-state index contributed by atoms with van der Waals surface area (Å²) < 4.78 is 12.4. The maximum Gasteiger partial charge on any atom is 0.272 e. The van der Waals surface area contributed by atoms with Gasteiger partial charge in [0.25, 0.3) is 5.91 Å². The van der Waals surface area contributed by atoms with Crippen LogP contribution in [-0.4, -0.2) is 58.8 Å². The predicted octanol–water partition coefficient (Wildman–Crippen LogP) is 3.05.